The van der Waals surface area contributed by atoms with Crippen molar-refractivity contribution in [1.82, 2.24) is 4.98 Å². The summed E-state index contributed by atoms with van der Waals surface area (Å²) in [7, 11) is -2.80. The summed E-state index contributed by atoms with van der Waals surface area (Å²) >= 11 is 1.69. The van der Waals surface area contributed by atoms with E-state index in [2.05, 4.69) is 4.98 Å². The molecule has 0 unspecified atom stereocenters. The number of nitrogens with zero attached hydrogens (tertiary/aromatic N) is 1. The first-order valence-corrected chi connectivity index (χ1v) is 8.29. The molecule has 0 saturated heterocycles. The van der Waals surface area contributed by atoms with Crippen molar-refractivity contribution in [2.24, 2.45) is 0 Å². The molecular weight excluding hydrogens is 242 g/mol. The first-order chi connectivity index (χ1) is 7.64. The Kier molecular flexibility index (Phi) is 5.84. The van der Waals surface area contributed by atoms with Crippen molar-refractivity contribution >= 4 is 21.6 Å². The second-order valence-electron chi connectivity index (χ2n) is 3.45. The molecule has 1 heterocycles. The first-order valence-electron chi connectivity index (χ1n) is 5.31. The number of sulfone groups is 1. The van der Waals surface area contributed by atoms with Crippen LogP contribution in [0.3, 0.4) is 0 Å². The molecule has 0 N–H and O–H groups in total. The molecule has 0 aliphatic heterocycles. The van der Waals surface area contributed by atoms with E-state index >= 15 is 0 Å². The summed E-state index contributed by atoms with van der Waals surface area (Å²) in [6.07, 6.45) is 4.53. The van der Waals surface area contributed by atoms with Crippen molar-refractivity contribution in [3.8, 4) is 0 Å². The second kappa shape index (κ2) is 6.91. The predicted octanol–water partition coefficient (Wildman–Crippen LogP) is 1.79. The van der Waals surface area contributed by atoms with E-state index in [1.807, 2.05) is 12.1 Å². The van der Waals surface area contributed by atoms with Gasteiger partial charge in [-0.05, 0) is 29.9 Å². The molecule has 1 aromatic heterocycles. The minimum Gasteiger partial charge on any atom is -0.265 e. The molecule has 3 nitrogen and oxygen atoms in total. The monoisotopic (exact) mass is 259 g/mol. The van der Waals surface area contributed by atoms with Gasteiger partial charge in [-0.1, -0.05) is 6.92 Å². The second-order valence-corrected chi connectivity index (χ2v) is 7.15. The van der Waals surface area contributed by atoms with E-state index in [0.717, 1.165) is 12.2 Å². The van der Waals surface area contributed by atoms with Gasteiger partial charge in [-0.3, -0.25) is 4.98 Å². The van der Waals surface area contributed by atoms with Gasteiger partial charge in [-0.25, -0.2) is 8.42 Å². The van der Waals surface area contributed by atoms with Crippen LogP contribution in [0.15, 0.2) is 24.5 Å². The van der Waals surface area contributed by atoms with Gasteiger partial charge in [0, 0.05) is 23.9 Å². The highest BCUT2D eigenvalue weighted by atomic mass is 32.2. The Morgan fingerprint density at radius 2 is 1.94 bits per heavy atom. The number of hydrogen-bond donors (Lipinski definition) is 0. The SMILES string of the molecule is CCS(=O)(=O)CCSCCc1ccncc1. The van der Waals surface area contributed by atoms with E-state index in [0.29, 0.717) is 11.5 Å². The van der Waals surface area contributed by atoms with Crippen molar-refractivity contribution in [3.63, 3.8) is 0 Å². The molecule has 90 valence electrons. The lowest BCUT2D eigenvalue weighted by atomic mass is 10.2. The third-order valence-electron chi connectivity index (χ3n) is 2.26. The lowest BCUT2D eigenvalue weighted by molar-refractivity contribution is 0.599. The van der Waals surface area contributed by atoms with E-state index in [1.165, 1.54) is 5.56 Å². The fraction of sp³-hybridized carbons (Fsp3) is 0.545. The average molecular weight is 259 g/mol. The molecule has 0 aromatic carbocycles. The van der Waals surface area contributed by atoms with Gasteiger partial charge < -0.3 is 0 Å². The summed E-state index contributed by atoms with van der Waals surface area (Å²) in [5.74, 6) is 2.20. The summed E-state index contributed by atoms with van der Waals surface area (Å²) in [4.78, 5) is 3.95. The minimum absolute atomic E-state index is 0.248. The Morgan fingerprint density at radius 1 is 1.25 bits per heavy atom. The number of hydrogen-bond acceptors (Lipinski definition) is 4. The average Bonchev–Trinajstić information content (AvgIpc) is 2.30. The Balaban J connectivity index is 2.14. The number of aryl methyl sites for hydroxylation is 1. The van der Waals surface area contributed by atoms with Crippen LogP contribution in [-0.2, 0) is 16.3 Å². The van der Waals surface area contributed by atoms with Gasteiger partial charge >= 0.3 is 0 Å². The zero-order chi connectivity index (χ0) is 11.9. The molecule has 1 aromatic rings. The van der Waals surface area contributed by atoms with Crippen molar-refractivity contribution in [2.75, 3.05) is 23.0 Å². The van der Waals surface area contributed by atoms with Crippen LogP contribution in [0.1, 0.15) is 12.5 Å². The quantitative estimate of drug-likeness (QED) is 0.700. The number of pyridine rings is 1. The van der Waals surface area contributed by atoms with E-state index in [4.69, 9.17) is 0 Å². The molecule has 16 heavy (non-hydrogen) atoms. The fourth-order valence-electron chi connectivity index (χ4n) is 1.17. The molecule has 0 aliphatic carbocycles. The molecule has 0 radical (unpaired) electrons. The van der Waals surface area contributed by atoms with Crippen molar-refractivity contribution in [3.05, 3.63) is 30.1 Å². The van der Waals surface area contributed by atoms with Crippen molar-refractivity contribution < 1.29 is 8.42 Å². The van der Waals surface area contributed by atoms with Crippen LogP contribution in [0.5, 0.6) is 0 Å². The van der Waals surface area contributed by atoms with Crippen molar-refractivity contribution in [1.29, 1.82) is 0 Å². The summed E-state index contributed by atoms with van der Waals surface area (Å²) in [5.41, 5.74) is 1.25. The van der Waals surface area contributed by atoms with Crippen LogP contribution in [0, 0.1) is 0 Å². The molecule has 0 spiro atoms. The zero-order valence-corrected chi connectivity index (χ0v) is 11.1. The van der Waals surface area contributed by atoms with Crippen LogP contribution >= 0.6 is 11.8 Å². The first kappa shape index (κ1) is 13.5. The lowest BCUT2D eigenvalue weighted by Crippen LogP contribution is -2.10. The highest BCUT2D eigenvalue weighted by Crippen LogP contribution is 2.07. The third kappa shape index (κ3) is 5.51. The Labute approximate surface area is 102 Å². The molecule has 0 fully saturated rings. The Hall–Kier alpha value is -0.550. The molecule has 0 atom stereocenters. The zero-order valence-electron chi connectivity index (χ0n) is 9.43. The molecule has 0 bridgehead atoms. The van der Waals surface area contributed by atoms with Crippen LogP contribution in [0.4, 0.5) is 0 Å². The van der Waals surface area contributed by atoms with Crippen LogP contribution in [-0.4, -0.2) is 36.4 Å². The maximum atomic E-state index is 11.2. The van der Waals surface area contributed by atoms with Crippen molar-refractivity contribution in [2.45, 2.75) is 13.3 Å². The maximum absolute atomic E-state index is 11.2. The highest BCUT2D eigenvalue weighted by Gasteiger charge is 2.06. The molecule has 5 heteroatoms. The number of aromatic nitrogens is 1. The van der Waals surface area contributed by atoms with E-state index in [1.54, 1.807) is 31.1 Å². The van der Waals surface area contributed by atoms with Gasteiger partial charge in [-0.2, -0.15) is 11.8 Å². The van der Waals surface area contributed by atoms with E-state index in [9.17, 15) is 8.42 Å². The molecule has 0 amide bonds. The van der Waals surface area contributed by atoms with Gasteiger partial charge in [0.2, 0.25) is 0 Å². The summed E-state index contributed by atoms with van der Waals surface area (Å²) in [6, 6.07) is 3.98. The topological polar surface area (TPSA) is 47.0 Å². The number of thioether (sulfide) groups is 1. The molecule has 1 rings (SSSR count). The predicted molar refractivity (Wildman–Crippen MR) is 69.6 cm³/mol. The summed E-state index contributed by atoms with van der Waals surface area (Å²) in [6.45, 7) is 1.69. The standard InChI is InChI=1S/C11H17NO2S2/c1-2-16(13,14)10-9-15-8-5-11-3-6-12-7-4-11/h3-4,6-7H,2,5,8-10H2,1H3. The molecular formula is C11H17NO2S2. The van der Waals surface area contributed by atoms with E-state index in [-0.39, 0.29) is 5.75 Å². The molecule has 0 aliphatic rings. The van der Waals surface area contributed by atoms with Gasteiger partial charge in [0.05, 0.1) is 5.75 Å². The normalized spacial score (nSPS) is 11.6. The largest absolute Gasteiger partial charge is 0.265 e. The number of rotatable bonds is 7. The summed E-state index contributed by atoms with van der Waals surface area (Å²) < 4.78 is 22.4. The summed E-state index contributed by atoms with van der Waals surface area (Å²) in [5, 5.41) is 0. The Morgan fingerprint density at radius 3 is 2.56 bits per heavy atom. The smallest absolute Gasteiger partial charge is 0.150 e. The Bertz CT molecular complexity index is 390. The van der Waals surface area contributed by atoms with Crippen LogP contribution in [0.2, 0.25) is 0 Å². The van der Waals surface area contributed by atoms with Crippen LogP contribution in [0.25, 0.3) is 0 Å². The van der Waals surface area contributed by atoms with Crippen LogP contribution < -0.4 is 0 Å². The fourth-order valence-corrected chi connectivity index (χ4v) is 3.53. The highest BCUT2D eigenvalue weighted by molar-refractivity contribution is 8.00. The third-order valence-corrected chi connectivity index (χ3v) is 5.21. The van der Waals surface area contributed by atoms with Gasteiger partial charge in [-0.15, -0.1) is 0 Å². The van der Waals surface area contributed by atoms with Gasteiger partial charge in [0.1, 0.15) is 0 Å². The molecule has 0 saturated carbocycles. The van der Waals surface area contributed by atoms with Gasteiger partial charge in [0.15, 0.2) is 9.84 Å². The minimum atomic E-state index is -2.80. The lowest BCUT2D eigenvalue weighted by Gasteiger charge is -2.02. The van der Waals surface area contributed by atoms with E-state index < -0.39 is 9.84 Å². The maximum Gasteiger partial charge on any atom is 0.150 e. The van der Waals surface area contributed by atoms with Gasteiger partial charge in [0.25, 0.3) is 0 Å².